The van der Waals surface area contributed by atoms with E-state index in [2.05, 4.69) is 26.4 Å². The molecule has 7 rings (SSSR count). The van der Waals surface area contributed by atoms with E-state index in [9.17, 15) is 5.11 Å². The van der Waals surface area contributed by atoms with Gasteiger partial charge in [0.1, 0.15) is 17.3 Å². The molecule has 174 valence electrons. The first-order valence-electron chi connectivity index (χ1n) is 12.1. The minimum Gasteiger partial charge on any atom is -0.376 e. The molecule has 3 aliphatic rings. The third-order valence-corrected chi connectivity index (χ3v) is 7.79. The van der Waals surface area contributed by atoms with Gasteiger partial charge in [-0.1, -0.05) is 5.16 Å². The highest BCUT2D eigenvalue weighted by Gasteiger charge is 2.57. The Morgan fingerprint density at radius 2 is 2.00 bits per heavy atom. The molecular formula is C26H27N5O3. The Hall–Kier alpha value is -3.10. The van der Waals surface area contributed by atoms with E-state index in [1.165, 1.54) is 0 Å². The maximum absolute atomic E-state index is 12.6. The predicted octanol–water partition coefficient (Wildman–Crippen LogP) is 4.45. The molecule has 8 heteroatoms. The molecule has 2 N–H and O–H groups in total. The number of nitrogens with one attached hydrogen (secondary N) is 1. The molecule has 1 saturated heterocycles. The fourth-order valence-corrected chi connectivity index (χ4v) is 5.61. The van der Waals surface area contributed by atoms with Gasteiger partial charge in [0.2, 0.25) is 0 Å². The lowest BCUT2D eigenvalue weighted by Gasteiger charge is -2.34. The molecule has 0 unspecified atom stereocenters. The number of aliphatic hydroxyl groups is 1. The van der Waals surface area contributed by atoms with Crippen LogP contribution in [-0.2, 0) is 10.3 Å². The first kappa shape index (κ1) is 20.3. The third kappa shape index (κ3) is 2.98. The first-order chi connectivity index (χ1) is 16.5. The van der Waals surface area contributed by atoms with Crippen LogP contribution >= 0.6 is 0 Å². The molecule has 2 saturated carbocycles. The maximum Gasteiger partial charge on any atom is 0.161 e. The van der Waals surface area contributed by atoms with Crippen molar-refractivity contribution in [2.75, 3.05) is 0 Å². The molecule has 3 fully saturated rings. The van der Waals surface area contributed by atoms with Crippen LogP contribution in [0, 0.1) is 13.8 Å². The van der Waals surface area contributed by atoms with Crippen LogP contribution in [0.4, 0.5) is 0 Å². The Bertz CT molecular complexity index is 1380. The van der Waals surface area contributed by atoms with Crippen LogP contribution in [0.2, 0.25) is 0 Å². The van der Waals surface area contributed by atoms with Crippen molar-refractivity contribution in [3.8, 4) is 11.1 Å². The van der Waals surface area contributed by atoms with Crippen LogP contribution in [0.15, 0.2) is 35.0 Å². The number of aromatic amines is 1. The molecule has 4 aromatic rings. The van der Waals surface area contributed by atoms with E-state index in [1.54, 1.807) is 6.20 Å². The van der Waals surface area contributed by atoms with Crippen molar-refractivity contribution < 1.29 is 14.4 Å². The van der Waals surface area contributed by atoms with Gasteiger partial charge in [-0.3, -0.25) is 0 Å². The van der Waals surface area contributed by atoms with E-state index in [1.807, 2.05) is 32.0 Å². The minimum absolute atomic E-state index is 0.0933. The van der Waals surface area contributed by atoms with E-state index in [-0.39, 0.29) is 5.60 Å². The van der Waals surface area contributed by atoms with Gasteiger partial charge in [-0.15, -0.1) is 0 Å². The summed E-state index contributed by atoms with van der Waals surface area (Å²) in [6.45, 7) is 3.84. The summed E-state index contributed by atoms with van der Waals surface area (Å²) in [5.74, 6) is 2.16. The highest BCUT2D eigenvalue weighted by atomic mass is 16.5. The van der Waals surface area contributed by atoms with Crippen LogP contribution in [-0.4, -0.2) is 42.1 Å². The SMILES string of the molecule is Cc1noc(C)c1-c1cc([C@](O)(c2cccnn2)[C@@H]2CCC3(CC3)O2)c2nc(C3CC3)[nH]c2c1. The van der Waals surface area contributed by atoms with Gasteiger partial charge >= 0.3 is 0 Å². The molecule has 2 atom stereocenters. The number of fused-ring (bicyclic) bond motifs is 1. The van der Waals surface area contributed by atoms with Crippen molar-refractivity contribution in [1.82, 2.24) is 25.3 Å². The second-order valence-electron chi connectivity index (χ2n) is 10.2. The van der Waals surface area contributed by atoms with Crippen molar-refractivity contribution in [2.45, 2.75) is 75.6 Å². The Morgan fingerprint density at radius 3 is 2.65 bits per heavy atom. The second kappa shape index (κ2) is 6.96. The van der Waals surface area contributed by atoms with Gasteiger partial charge < -0.3 is 19.4 Å². The van der Waals surface area contributed by atoms with E-state index in [0.29, 0.717) is 17.2 Å². The van der Waals surface area contributed by atoms with Crippen LogP contribution in [0.25, 0.3) is 22.2 Å². The van der Waals surface area contributed by atoms with Crippen molar-refractivity contribution in [2.24, 2.45) is 0 Å². The van der Waals surface area contributed by atoms with E-state index < -0.39 is 11.7 Å². The molecule has 3 aromatic heterocycles. The van der Waals surface area contributed by atoms with Crippen LogP contribution in [0.1, 0.15) is 73.0 Å². The molecule has 0 radical (unpaired) electrons. The smallest absolute Gasteiger partial charge is 0.161 e. The molecule has 34 heavy (non-hydrogen) atoms. The summed E-state index contributed by atoms with van der Waals surface area (Å²) in [6.07, 6.45) is 7.24. The lowest BCUT2D eigenvalue weighted by Crippen LogP contribution is -2.42. The van der Waals surface area contributed by atoms with Gasteiger partial charge in [0.05, 0.1) is 28.4 Å². The topological polar surface area (TPSA) is 110 Å². The summed E-state index contributed by atoms with van der Waals surface area (Å²) in [7, 11) is 0. The number of ether oxygens (including phenoxy) is 1. The molecule has 1 aliphatic heterocycles. The van der Waals surface area contributed by atoms with Gasteiger partial charge in [-0.05, 0) is 82.2 Å². The standard InChI is InChI=1S/C26H27N5O3/c1-14-22(15(2)34-31-14)17-12-18(23-19(13-17)28-24(29-23)16-5-6-16)26(32,20-4-3-11-27-30-20)21-7-8-25(33-21)9-10-25/h3-4,11-13,16,21,32H,5-10H2,1-2H3,(H,28,29)/t21-,26-/m0/s1. The molecule has 2 aliphatic carbocycles. The largest absolute Gasteiger partial charge is 0.376 e. The Kier molecular flexibility index (Phi) is 4.15. The molecule has 8 nitrogen and oxygen atoms in total. The van der Waals surface area contributed by atoms with Gasteiger partial charge in [0.15, 0.2) is 5.60 Å². The zero-order valence-corrected chi connectivity index (χ0v) is 19.3. The highest BCUT2D eigenvalue weighted by Crippen LogP contribution is 2.54. The van der Waals surface area contributed by atoms with Crippen molar-refractivity contribution in [3.63, 3.8) is 0 Å². The zero-order valence-electron chi connectivity index (χ0n) is 19.3. The molecule has 1 aromatic carbocycles. The lowest BCUT2D eigenvalue weighted by atomic mass is 9.81. The molecule has 0 amide bonds. The molecule has 4 heterocycles. The Morgan fingerprint density at radius 1 is 1.15 bits per heavy atom. The van der Waals surface area contributed by atoms with Crippen LogP contribution in [0.3, 0.4) is 0 Å². The van der Waals surface area contributed by atoms with Gasteiger partial charge in [-0.2, -0.15) is 10.2 Å². The van der Waals surface area contributed by atoms with Crippen molar-refractivity contribution in [3.05, 3.63) is 59.0 Å². The average Bonchev–Trinajstić information content (AvgIpc) is 3.71. The second-order valence-corrected chi connectivity index (χ2v) is 10.2. The maximum atomic E-state index is 12.6. The number of imidazole rings is 1. The van der Waals surface area contributed by atoms with E-state index in [0.717, 1.165) is 78.0 Å². The van der Waals surface area contributed by atoms with E-state index >= 15 is 0 Å². The Balaban J connectivity index is 1.50. The number of hydrogen-bond donors (Lipinski definition) is 2. The zero-order chi connectivity index (χ0) is 23.1. The van der Waals surface area contributed by atoms with Crippen molar-refractivity contribution in [1.29, 1.82) is 0 Å². The van der Waals surface area contributed by atoms with E-state index in [4.69, 9.17) is 14.2 Å². The Labute approximate surface area is 196 Å². The third-order valence-electron chi connectivity index (χ3n) is 7.79. The fraction of sp³-hybridized carbons (Fsp3) is 0.462. The fourth-order valence-electron chi connectivity index (χ4n) is 5.61. The van der Waals surface area contributed by atoms with Gasteiger partial charge in [-0.25, -0.2) is 4.98 Å². The normalized spacial score (nSPS) is 23.0. The molecular weight excluding hydrogens is 430 g/mol. The number of benzene rings is 1. The van der Waals surface area contributed by atoms with Gasteiger partial charge in [0.25, 0.3) is 0 Å². The van der Waals surface area contributed by atoms with Crippen LogP contribution < -0.4 is 0 Å². The average molecular weight is 458 g/mol. The van der Waals surface area contributed by atoms with Crippen molar-refractivity contribution >= 4 is 11.0 Å². The first-order valence-corrected chi connectivity index (χ1v) is 12.1. The molecule has 0 bridgehead atoms. The van der Waals surface area contributed by atoms with Crippen LogP contribution in [0.5, 0.6) is 0 Å². The number of aromatic nitrogens is 5. The number of rotatable bonds is 5. The molecule has 1 spiro atoms. The van der Waals surface area contributed by atoms with Gasteiger partial charge in [0, 0.05) is 23.2 Å². The number of nitrogens with zero attached hydrogens (tertiary/aromatic N) is 4. The summed E-state index contributed by atoms with van der Waals surface area (Å²) >= 11 is 0. The monoisotopic (exact) mass is 457 g/mol. The summed E-state index contributed by atoms with van der Waals surface area (Å²) in [5.41, 5.74) is 3.87. The summed E-state index contributed by atoms with van der Waals surface area (Å²) < 4.78 is 12.0. The summed E-state index contributed by atoms with van der Waals surface area (Å²) in [6, 6.07) is 7.74. The lowest BCUT2D eigenvalue weighted by molar-refractivity contribution is -0.0937. The highest BCUT2D eigenvalue weighted by molar-refractivity contribution is 5.87. The predicted molar refractivity (Wildman–Crippen MR) is 124 cm³/mol. The summed E-state index contributed by atoms with van der Waals surface area (Å²) in [5, 5.41) is 25.3. The summed E-state index contributed by atoms with van der Waals surface area (Å²) in [4.78, 5) is 8.53. The quantitative estimate of drug-likeness (QED) is 0.456. The minimum atomic E-state index is -1.50. The number of aryl methyl sites for hydroxylation is 2. The number of hydrogen-bond acceptors (Lipinski definition) is 7. The number of H-pyrrole nitrogens is 1.